The number of hydrogen-bond donors (Lipinski definition) is 1. The van der Waals surface area contributed by atoms with Crippen LogP contribution in [-0.2, 0) is 19.1 Å². The number of aromatic nitrogens is 1. The van der Waals surface area contributed by atoms with Crippen molar-refractivity contribution in [1.82, 2.24) is 4.98 Å². The van der Waals surface area contributed by atoms with Gasteiger partial charge in [0.25, 0.3) is 0 Å². The molecule has 1 saturated heterocycles. The van der Waals surface area contributed by atoms with Crippen LogP contribution in [0.3, 0.4) is 0 Å². The van der Waals surface area contributed by atoms with Gasteiger partial charge in [-0.1, -0.05) is 57.0 Å². The molecule has 4 fully saturated rings. The van der Waals surface area contributed by atoms with Crippen molar-refractivity contribution in [2.45, 2.75) is 83.4 Å². The first-order chi connectivity index (χ1) is 19.7. The number of hydrogen-bond acceptors (Lipinski definition) is 7. The van der Waals surface area contributed by atoms with Gasteiger partial charge in [0.1, 0.15) is 0 Å². The maximum Gasteiger partial charge on any atom is 0.221 e. The monoisotopic (exact) mass is 557 g/mol. The Labute approximate surface area is 241 Å². The fourth-order valence-corrected chi connectivity index (χ4v) is 9.45. The molecule has 0 amide bonds. The number of ether oxygens (including phenoxy) is 3. The van der Waals surface area contributed by atoms with Gasteiger partial charge < -0.3 is 19.3 Å². The minimum Gasteiger partial charge on any atom is -0.469 e. The van der Waals surface area contributed by atoms with Crippen molar-refractivity contribution in [3.05, 3.63) is 60.3 Å². The van der Waals surface area contributed by atoms with Gasteiger partial charge in [-0.05, 0) is 73.6 Å². The molecular weight excluding hydrogens is 518 g/mol. The summed E-state index contributed by atoms with van der Waals surface area (Å²) < 4.78 is 19.4. The quantitative estimate of drug-likeness (QED) is 0.512. The maximum absolute atomic E-state index is 14.5. The lowest BCUT2D eigenvalue weighted by Gasteiger charge is -2.59. The normalized spacial score (nSPS) is 40.9. The van der Waals surface area contributed by atoms with Crippen LogP contribution in [0.5, 0.6) is 5.88 Å². The molecule has 3 saturated carbocycles. The average molecular weight is 558 g/mol. The van der Waals surface area contributed by atoms with Crippen LogP contribution in [0.4, 0.5) is 0 Å². The van der Waals surface area contributed by atoms with Crippen LogP contribution in [0.2, 0.25) is 0 Å². The zero-order valence-corrected chi connectivity index (χ0v) is 24.0. The number of carbonyl (C=O) groups is 2. The SMILES string of the molecule is CCCC1O[C@@H]2CC3C4CCC5=CC(=O)C=CC5(C)C4[C@@H](O)CC3(C)[C@]2(C(=O)COc2nccc3ccccc23)O1. The Morgan fingerprint density at radius 3 is 2.88 bits per heavy atom. The molecule has 1 aromatic heterocycles. The lowest BCUT2D eigenvalue weighted by atomic mass is 9.46. The summed E-state index contributed by atoms with van der Waals surface area (Å²) in [6.07, 6.45) is 10.0. The van der Waals surface area contributed by atoms with Gasteiger partial charge in [-0.25, -0.2) is 4.98 Å². The lowest BCUT2D eigenvalue weighted by Crippen LogP contribution is -2.63. The van der Waals surface area contributed by atoms with Gasteiger partial charge >= 0.3 is 0 Å². The molecule has 41 heavy (non-hydrogen) atoms. The highest BCUT2D eigenvalue weighted by molar-refractivity contribution is 6.01. The van der Waals surface area contributed by atoms with E-state index in [1.165, 1.54) is 0 Å². The van der Waals surface area contributed by atoms with Crippen molar-refractivity contribution in [2.24, 2.45) is 28.6 Å². The van der Waals surface area contributed by atoms with Crippen LogP contribution >= 0.6 is 0 Å². The summed E-state index contributed by atoms with van der Waals surface area (Å²) in [5, 5.41) is 13.8. The van der Waals surface area contributed by atoms with E-state index in [1.54, 1.807) is 18.3 Å². The Morgan fingerprint density at radius 2 is 2.05 bits per heavy atom. The molecule has 9 atom stereocenters. The Bertz CT molecular complexity index is 1460. The number of Topliss-reactive ketones (excluding diaryl/α,β-unsaturated/α-hetero) is 1. The van der Waals surface area contributed by atoms with Crippen molar-refractivity contribution in [3.63, 3.8) is 0 Å². The van der Waals surface area contributed by atoms with Gasteiger partial charge in [0, 0.05) is 28.3 Å². The molecule has 2 aromatic rings. The molecule has 0 radical (unpaired) electrons. The molecule has 2 heterocycles. The number of pyridine rings is 1. The van der Waals surface area contributed by atoms with Gasteiger partial charge in [0.15, 0.2) is 24.3 Å². The molecule has 1 N–H and O–H groups in total. The Hall–Kier alpha value is -2.87. The molecule has 1 aromatic carbocycles. The fourth-order valence-electron chi connectivity index (χ4n) is 9.45. The van der Waals surface area contributed by atoms with Crippen molar-refractivity contribution in [3.8, 4) is 5.88 Å². The number of aliphatic hydroxyl groups excluding tert-OH is 1. The van der Waals surface area contributed by atoms with E-state index in [2.05, 4.69) is 25.8 Å². The minimum atomic E-state index is -1.20. The number of fused-ring (bicyclic) bond motifs is 8. The van der Waals surface area contributed by atoms with Crippen LogP contribution < -0.4 is 4.74 Å². The summed E-state index contributed by atoms with van der Waals surface area (Å²) in [4.78, 5) is 31.1. The number of ketones is 2. The lowest BCUT2D eigenvalue weighted by molar-refractivity contribution is -0.200. The van der Waals surface area contributed by atoms with Gasteiger partial charge in [-0.2, -0.15) is 0 Å². The first-order valence-corrected chi connectivity index (χ1v) is 15.2. The summed E-state index contributed by atoms with van der Waals surface area (Å²) in [6, 6.07) is 9.76. The van der Waals surface area contributed by atoms with E-state index in [1.807, 2.05) is 36.4 Å². The van der Waals surface area contributed by atoms with Gasteiger partial charge in [-0.15, -0.1) is 0 Å². The number of carbonyl (C=O) groups excluding carboxylic acids is 2. The molecule has 7 nitrogen and oxygen atoms in total. The fraction of sp³-hybridized carbons (Fsp3) is 0.559. The van der Waals surface area contributed by atoms with Gasteiger partial charge in [-0.3, -0.25) is 9.59 Å². The second-order valence-electron chi connectivity index (χ2n) is 13.2. The largest absolute Gasteiger partial charge is 0.469 e. The first kappa shape index (κ1) is 27.0. The summed E-state index contributed by atoms with van der Waals surface area (Å²) in [6.45, 7) is 6.20. The Morgan fingerprint density at radius 1 is 1.22 bits per heavy atom. The molecule has 4 aliphatic carbocycles. The van der Waals surface area contributed by atoms with E-state index in [9.17, 15) is 14.7 Å². The van der Waals surface area contributed by atoms with Crippen molar-refractivity contribution < 1.29 is 28.9 Å². The number of allylic oxidation sites excluding steroid dienone is 4. The molecule has 0 spiro atoms. The van der Waals surface area contributed by atoms with E-state index >= 15 is 0 Å². The summed E-state index contributed by atoms with van der Waals surface area (Å²) in [7, 11) is 0. The third-order valence-corrected chi connectivity index (χ3v) is 11.2. The zero-order valence-electron chi connectivity index (χ0n) is 24.0. The minimum absolute atomic E-state index is 0.0236. The number of aliphatic hydroxyl groups is 1. The highest BCUT2D eigenvalue weighted by Gasteiger charge is 2.75. The Kier molecular flexibility index (Phi) is 6.31. The molecule has 7 rings (SSSR count). The summed E-state index contributed by atoms with van der Waals surface area (Å²) >= 11 is 0. The third kappa shape index (κ3) is 3.78. The zero-order chi connectivity index (χ0) is 28.6. The molecule has 5 aliphatic rings. The molecule has 216 valence electrons. The van der Waals surface area contributed by atoms with Crippen LogP contribution in [0.1, 0.15) is 59.3 Å². The maximum atomic E-state index is 14.5. The topological polar surface area (TPSA) is 95.0 Å². The van der Waals surface area contributed by atoms with Crippen molar-refractivity contribution >= 4 is 22.3 Å². The van der Waals surface area contributed by atoms with E-state index < -0.39 is 29.5 Å². The molecular formula is C34H39NO6. The second-order valence-corrected chi connectivity index (χ2v) is 13.2. The third-order valence-electron chi connectivity index (χ3n) is 11.2. The van der Waals surface area contributed by atoms with Crippen molar-refractivity contribution in [2.75, 3.05) is 6.61 Å². The molecule has 1 aliphatic heterocycles. The van der Waals surface area contributed by atoms with Crippen LogP contribution in [0.25, 0.3) is 10.8 Å². The first-order valence-electron chi connectivity index (χ1n) is 15.2. The number of benzene rings is 1. The van der Waals surface area contributed by atoms with E-state index in [0.717, 1.165) is 35.6 Å². The van der Waals surface area contributed by atoms with E-state index in [-0.39, 0.29) is 41.3 Å². The van der Waals surface area contributed by atoms with Gasteiger partial charge in [0.05, 0.1) is 12.2 Å². The number of rotatable bonds is 6. The smallest absolute Gasteiger partial charge is 0.221 e. The highest BCUT2D eigenvalue weighted by Crippen LogP contribution is 2.69. The Balaban J connectivity index is 1.23. The van der Waals surface area contributed by atoms with Crippen LogP contribution in [-0.4, -0.2) is 52.4 Å². The van der Waals surface area contributed by atoms with Crippen LogP contribution in [0.15, 0.2) is 60.3 Å². The standard InChI is InChI=1S/C34H39NO6/c1-4-7-29-40-28-17-25-24-11-10-21-16-22(36)12-14-32(21,2)30(24)26(37)18-33(25,3)34(28,41-29)27(38)19-39-31-23-9-6-5-8-20(23)13-15-35-31/h5-6,8-9,12-16,24-26,28-30,37H,4,7,10-11,17-19H2,1-3H3/t24?,25?,26-,28+,29?,30?,32?,33?,34+/m0/s1. The number of nitrogens with zero attached hydrogens (tertiary/aromatic N) is 1. The van der Waals surface area contributed by atoms with Crippen LogP contribution in [0, 0.1) is 28.6 Å². The predicted molar refractivity (Wildman–Crippen MR) is 153 cm³/mol. The summed E-state index contributed by atoms with van der Waals surface area (Å²) in [5.74, 6) is 0.588. The average Bonchev–Trinajstić information content (AvgIpc) is 3.44. The predicted octanol–water partition coefficient (Wildman–Crippen LogP) is 5.35. The van der Waals surface area contributed by atoms with E-state index in [4.69, 9.17) is 14.2 Å². The second kappa shape index (κ2) is 9.58. The summed E-state index contributed by atoms with van der Waals surface area (Å²) in [5.41, 5.74) is -1.09. The molecule has 0 bridgehead atoms. The molecule has 7 heteroatoms. The van der Waals surface area contributed by atoms with Gasteiger partial charge in [0.2, 0.25) is 11.7 Å². The van der Waals surface area contributed by atoms with Crippen molar-refractivity contribution in [1.29, 1.82) is 0 Å². The van der Waals surface area contributed by atoms with E-state index in [0.29, 0.717) is 25.1 Å². The molecule has 6 unspecified atom stereocenters. The highest BCUT2D eigenvalue weighted by atomic mass is 16.7.